The van der Waals surface area contributed by atoms with E-state index in [1.165, 1.54) is 24.2 Å². The predicted octanol–water partition coefficient (Wildman–Crippen LogP) is 2.01. The van der Waals surface area contributed by atoms with Crippen LogP contribution in [0, 0.1) is 5.92 Å². The zero-order valence-electron chi connectivity index (χ0n) is 10.7. The van der Waals surface area contributed by atoms with Gasteiger partial charge < -0.3 is 5.32 Å². The Morgan fingerprint density at radius 2 is 2.25 bits per heavy atom. The summed E-state index contributed by atoms with van der Waals surface area (Å²) >= 11 is 0. The van der Waals surface area contributed by atoms with Crippen LogP contribution in [-0.2, 0) is 19.4 Å². The smallest absolute Gasteiger partial charge is 0.0624 e. The average Bonchev–Trinajstić information content (AvgIpc) is 3.07. The Morgan fingerprint density at radius 1 is 1.50 bits per heavy atom. The summed E-state index contributed by atoms with van der Waals surface area (Å²) in [5, 5.41) is 8.05. The maximum absolute atomic E-state index is 4.60. The first kappa shape index (κ1) is 11.6. The third-order valence-corrected chi connectivity index (χ3v) is 3.57. The minimum Gasteiger partial charge on any atom is -0.316 e. The van der Waals surface area contributed by atoms with E-state index in [-0.39, 0.29) is 0 Å². The van der Waals surface area contributed by atoms with Gasteiger partial charge in [0.05, 0.1) is 5.69 Å². The summed E-state index contributed by atoms with van der Waals surface area (Å²) in [6.45, 7) is 5.32. The Bertz CT molecular complexity index is 339. The van der Waals surface area contributed by atoms with E-state index in [0.29, 0.717) is 6.04 Å². The van der Waals surface area contributed by atoms with E-state index >= 15 is 0 Å². The van der Waals surface area contributed by atoms with E-state index in [4.69, 9.17) is 0 Å². The van der Waals surface area contributed by atoms with Gasteiger partial charge in [-0.25, -0.2) is 0 Å². The molecule has 1 fully saturated rings. The first-order chi connectivity index (χ1) is 7.78. The molecule has 0 spiro atoms. The van der Waals surface area contributed by atoms with Crippen LogP contribution in [0.25, 0.3) is 0 Å². The Balaban J connectivity index is 2.08. The molecule has 1 aliphatic carbocycles. The van der Waals surface area contributed by atoms with Gasteiger partial charge in [-0.15, -0.1) is 0 Å². The number of aryl methyl sites for hydroxylation is 2. The number of likely N-dealkylation sites (N-methyl/N-ethyl adjacent to an activating group) is 1. The lowest BCUT2D eigenvalue weighted by Gasteiger charge is -2.15. The topological polar surface area (TPSA) is 29.9 Å². The molecule has 1 saturated carbocycles. The van der Waals surface area contributed by atoms with Crippen molar-refractivity contribution in [1.82, 2.24) is 15.1 Å². The van der Waals surface area contributed by atoms with Gasteiger partial charge >= 0.3 is 0 Å². The Hall–Kier alpha value is -0.830. The van der Waals surface area contributed by atoms with Crippen molar-refractivity contribution in [3.8, 4) is 0 Å². The van der Waals surface area contributed by atoms with Crippen LogP contribution in [0.2, 0.25) is 0 Å². The van der Waals surface area contributed by atoms with Gasteiger partial charge in [0.15, 0.2) is 0 Å². The van der Waals surface area contributed by atoms with E-state index in [1.807, 2.05) is 0 Å². The van der Waals surface area contributed by atoms with Crippen LogP contribution in [-0.4, -0.2) is 22.9 Å². The highest BCUT2D eigenvalue weighted by molar-refractivity contribution is 5.12. The monoisotopic (exact) mass is 221 g/mol. The molecule has 1 unspecified atom stereocenters. The highest BCUT2D eigenvalue weighted by atomic mass is 15.3. The van der Waals surface area contributed by atoms with Crippen molar-refractivity contribution < 1.29 is 0 Å². The van der Waals surface area contributed by atoms with Crippen LogP contribution in [0.3, 0.4) is 0 Å². The molecular weight excluding hydrogens is 198 g/mol. The van der Waals surface area contributed by atoms with Crippen molar-refractivity contribution in [2.24, 2.45) is 5.92 Å². The number of aromatic nitrogens is 2. The van der Waals surface area contributed by atoms with Gasteiger partial charge in [0.1, 0.15) is 0 Å². The van der Waals surface area contributed by atoms with Gasteiger partial charge in [0, 0.05) is 24.7 Å². The zero-order valence-corrected chi connectivity index (χ0v) is 10.7. The maximum Gasteiger partial charge on any atom is 0.0624 e. The van der Waals surface area contributed by atoms with E-state index in [1.54, 1.807) is 0 Å². The molecule has 1 aromatic rings. The fourth-order valence-corrected chi connectivity index (χ4v) is 2.35. The number of rotatable bonds is 6. The predicted molar refractivity (Wildman–Crippen MR) is 66.6 cm³/mol. The van der Waals surface area contributed by atoms with Crippen molar-refractivity contribution in [2.75, 3.05) is 7.05 Å². The molecule has 3 heteroatoms. The van der Waals surface area contributed by atoms with Gasteiger partial charge in [-0.05, 0) is 45.2 Å². The molecule has 0 aromatic carbocycles. The summed E-state index contributed by atoms with van der Waals surface area (Å²) in [6.07, 6.45) is 4.95. The van der Waals surface area contributed by atoms with Gasteiger partial charge in [0.25, 0.3) is 0 Å². The minimum absolute atomic E-state index is 0.645. The molecular formula is C13H23N3. The van der Waals surface area contributed by atoms with Crippen LogP contribution < -0.4 is 5.32 Å². The SMILES string of the molecule is CCc1cc(CC(NC)C2CC2)n(CC)n1. The molecule has 1 aromatic heterocycles. The molecule has 0 aliphatic heterocycles. The minimum atomic E-state index is 0.645. The molecule has 0 radical (unpaired) electrons. The lowest BCUT2D eigenvalue weighted by atomic mass is 10.1. The summed E-state index contributed by atoms with van der Waals surface area (Å²) in [4.78, 5) is 0. The Morgan fingerprint density at radius 3 is 2.75 bits per heavy atom. The average molecular weight is 221 g/mol. The van der Waals surface area contributed by atoms with Crippen molar-refractivity contribution in [3.05, 3.63) is 17.5 Å². The van der Waals surface area contributed by atoms with E-state index in [9.17, 15) is 0 Å². The molecule has 0 saturated heterocycles. The van der Waals surface area contributed by atoms with Crippen LogP contribution in [0.4, 0.5) is 0 Å². The normalized spacial score (nSPS) is 17.7. The summed E-state index contributed by atoms with van der Waals surface area (Å²) < 4.78 is 2.16. The van der Waals surface area contributed by atoms with Crippen LogP contribution in [0.1, 0.15) is 38.1 Å². The second-order valence-electron chi connectivity index (χ2n) is 4.73. The molecule has 2 rings (SSSR count). The second kappa shape index (κ2) is 5.00. The Kier molecular flexibility index (Phi) is 3.64. The fourth-order valence-electron chi connectivity index (χ4n) is 2.35. The highest BCUT2D eigenvalue weighted by Gasteiger charge is 2.30. The molecule has 16 heavy (non-hydrogen) atoms. The fraction of sp³-hybridized carbons (Fsp3) is 0.769. The van der Waals surface area contributed by atoms with Gasteiger partial charge in [0.2, 0.25) is 0 Å². The van der Waals surface area contributed by atoms with Gasteiger partial charge in [-0.1, -0.05) is 6.92 Å². The lowest BCUT2D eigenvalue weighted by Crippen LogP contribution is -2.30. The first-order valence-corrected chi connectivity index (χ1v) is 6.51. The Labute approximate surface area is 98.2 Å². The van der Waals surface area contributed by atoms with Gasteiger partial charge in [-0.3, -0.25) is 4.68 Å². The largest absolute Gasteiger partial charge is 0.316 e. The third kappa shape index (κ3) is 2.46. The quantitative estimate of drug-likeness (QED) is 0.796. The second-order valence-corrected chi connectivity index (χ2v) is 4.73. The summed E-state index contributed by atoms with van der Waals surface area (Å²) in [5.41, 5.74) is 2.62. The molecule has 1 N–H and O–H groups in total. The molecule has 1 aliphatic rings. The van der Waals surface area contributed by atoms with Crippen molar-refractivity contribution in [3.63, 3.8) is 0 Å². The summed E-state index contributed by atoms with van der Waals surface area (Å²) in [6, 6.07) is 2.92. The molecule has 1 heterocycles. The molecule has 0 amide bonds. The zero-order chi connectivity index (χ0) is 11.5. The molecule has 3 nitrogen and oxygen atoms in total. The van der Waals surface area contributed by atoms with E-state index in [2.05, 4.69) is 42.1 Å². The number of nitrogens with one attached hydrogen (secondary N) is 1. The highest BCUT2D eigenvalue weighted by Crippen LogP contribution is 2.33. The van der Waals surface area contributed by atoms with Crippen molar-refractivity contribution in [2.45, 2.75) is 52.1 Å². The molecule has 90 valence electrons. The maximum atomic E-state index is 4.60. The van der Waals surface area contributed by atoms with Crippen LogP contribution >= 0.6 is 0 Å². The third-order valence-electron chi connectivity index (χ3n) is 3.57. The summed E-state index contributed by atoms with van der Waals surface area (Å²) in [7, 11) is 2.08. The van der Waals surface area contributed by atoms with E-state index < -0.39 is 0 Å². The van der Waals surface area contributed by atoms with E-state index in [0.717, 1.165) is 25.3 Å². The number of nitrogens with zero attached hydrogens (tertiary/aromatic N) is 2. The standard InChI is InChI=1S/C13H23N3/c1-4-11-8-12(16(5-2)15-11)9-13(14-3)10-6-7-10/h8,10,13-14H,4-7,9H2,1-3H3. The molecule has 0 bridgehead atoms. The summed E-state index contributed by atoms with van der Waals surface area (Å²) in [5.74, 6) is 0.898. The van der Waals surface area contributed by atoms with Crippen LogP contribution in [0.15, 0.2) is 6.07 Å². The van der Waals surface area contributed by atoms with Gasteiger partial charge in [-0.2, -0.15) is 5.10 Å². The molecule has 1 atom stereocenters. The van der Waals surface area contributed by atoms with Crippen molar-refractivity contribution >= 4 is 0 Å². The lowest BCUT2D eigenvalue weighted by molar-refractivity contribution is 0.477. The number of hydrogen-bond acceptors (Lipinski definition) is 2. The number of hydrogen-bond donors (Lipinski definition) is 1. The van der Waals surface area contributed by atoms with Crippen LogP contribution in [0.5, 0.6) is 0 Å². The van der Waals surface area contributed by atoms with Crippen molar-refractivity contribution in [1.29, 1.82) is 0 Å². The first-order valence-electron chi connectivity index (χ1n) is 6.51.